The Kier molecular flexibility index (Phi) is 4.69. The third-order valence-corrected chi connectivity index (χ3v) is 1.62. The van der Waals surface area contributed by atoms with Crippen LogP contribution in [0.3, 0.4) is 0 Å². The molecule has 3 N–H and O–H groups in total. The minimum Gasteiger partial charge on any atom is -0.326 e. The highest BCUT2D eigenvalue weighted by Gasteiger charge is 1.96. The Morgan fingerprint density at radius 2 is 1.85 bits per heavy atom. The number of nitrogens with two attached hydrogens (primary N) is 1. The van der Waals surface area contributed by atoms with Gasteiger partial charge in [-0.1, -0.05) is 6.07 Å². The van der Waals surface area contributed by atoms with Crippen LogP contribution < -0.4 is 5.73 Å². The predicted octanol–water partition coefficient (Wildman–Crippen LogP) is 1.26. The van der Waals surface area contributed by atoms with Gasteiger partial charge in [0.25, 0.3) is 0 Å². The number of halogens is 2. The second-order valence-corrected chi connectivity index (χ2v) is 2.35. The summed E-state index contributed by atoms with van der Waals surface area (Å²) < 4.78 is 0. The SMILES string of the molecule is Cl.Cl.NCc1ccc2n[nH]nc2c1. The van der Waals surface area contributed by atoms with E-state index in [1.807, 2.05) is 18.2 Å². The molecule has 0 saturated heterocycles. The molecule has 0 amide bonds. The van der Waals surface area contributed by atoms with E-state index in [9.17, 15) is 0 Å². The summed E-state index contributed by atoms with van der Waals surface area (Å²) in [7, 11) is 0. The zero-order valence-corrected chi connectivity index (χ0v) is 8.36. The summed E-state index contributed by atoms with van der Waals surface area (Å²) in [6, 6.07) is 5.78. The highest BCUT2D eigenvalue weighted by atomic mass is 35.5. The van der Waals surface area contributed by atoms with E-state index in [0.717, 1.165) is 16.6 Å². The monoisotopic (exact) mass is 220 g/mol. The lowest BCUT2D eigenvalue weighted by Crippen LogP contribution is -1.95. The number of aromatic amines is 1. The van der Waals surface area contributed by atoms with Crippen LogP contribution in [0.25, 0.3) is 11.0 Å². The number of hydrogen-bond acceptors (Lipinski definition) is 3. The average molecular weight is 221 g/mol. The summed E-state index contributed by atoms with van der Waals surface area (Å²) in [5, 5.41) is 10.4. The van der Waals surface area contributed by atoms with Crippen molar-refractivity contribution in [3.05, 3.63) is 23.8 Å². The highest BCUT2D eigenvalue weighted by molar-refractivity contribution is 5.85. The van der Waals surface area contributed by atoms with Gasteiger partial charge in [0.15, 0.2) is 0 Å². The van der Waals surface area contributed by atoms with Gasteiger partial charge in [-0.15, -0.1) is 24.8 Å². The van der Waals surface area contributed by atoms with Crippen LogP contribution in [0.5, 0.6) is 0 Å². The second-order valence-electron chi connectivity index (χ2n) is 2.35. The largest absolute Gasteiger partial charge is 0.326 e. The number of H-pyrrole nitrogens is 1. The molecule has 6 heteroatoms. The highest BCUT2D eigenvalue weighted by Crippen LogP contribution is 2.09. The van der Waals surface area contributed by atoms with Crippen LogP contribution in [0.4, 0.5) is 0 Å². The van der Waals surface area contributed by atoms with Crippen molar-refractivity contribution < 1.29 is 0 Å². The van der Waals surface area contributed by atoms with Gasteiger partial charge in [-0.25, -0.2) is 0 Å². The van der Waals surface area contributed by atoms with Crippen molar-refractivity contribution >= 4 is 35.8 Å². The summed E-state index contributed by atoms with van der Waals surface area (Å²) in [6.07, 6.45) is 0. The number of nitrogens with one attached hydrogen (secondary N) is 1. The first kappa shape index (κ1) is 12.2. The summed E-state index contributed by atoms with van der Waals surface area (Å²) in [6.45, 7) is 0.544. The fourth-order valence-electron chi connectivity index (χ4n) is 1.01. The Morgan fingerprint density at radius 1 is 1.15 bits per heavy atom. The maximum absolute atomic E-state index is 5.45. The van der Waals surface area contributed by atoms with Crippen LogP contribution >= 0.6 is 24.8 Å². The summed E-state index contributed by atoms with van der Waals surface area (Å²) >= 11 is 0. The molecule has 1 aromatic carbocycles. The first-order valence-corrected chi connectivity index (χ1v) is 3.39. The molecule has 0 atom stereocenters. The smallest absolute Gasteiger partial charge is 0.113 e. The molecule has 0 aliphatic carbocycles. The van der Waals surface area contributed by atoms with E-state index in [2.05, 4.69) is 15.4 Å². The standard InChI is InChI=1S/C7H8N4.2ClH/c8-4-5-1-2-6-7(3-5)10-11-9-6;;/h1-3H,4,8H2,(H,9,10,11);2*1H. The van der Waals surface area contributed by atoms with Gasteiger partial charge < -0.3 is 5.73 Å². The van der Waals surface area contributed by atoms with Crippen LogP contribution in [-0.2, 0) is 6.54 Å². The molecule has 2 rings (SSSR count). The van der Waals surface area contributed by atoms with Gasteiger partial charge in [0.1, 0.15) is 11.0 Å². The van der Waals surface area contributed by atoms with Crippen LogP contribution in [0, 0.1) is 0 Å². The lowest BCUT2D eigenvalue weighted by atomic mass is 10.2. The minimum atomic E-state index is 0. The van der Waals surface area contributed by atoms with E-state index in [4.69, 9.17) is 5.73 Å². The molecule has 0 saturated carbocycles. The molecule has 0 spiro atoms. The molecule has 0 bridgehead atoms. The number of fused-ring (bicyclic) bond motifs is 1. The molecular weight excluding hydrogens is 211 g/mol. The van der Waals surface area contributed by atoms with E-state index < -0.39 is 0 Å². The molecule has 13 heavy (non-hydrogen) atoms. The fourth-order valence-corrected chi connectivity index (χ4v) is 1.01. The van der Waals surface area contributed by atoms with E-state index >= 15 is 0 Å². The number of hydrogen-bond donors (Lipinski definition) is 2. The third kappa shape index (κ3) is 2.30. The van der Waals surface area contributed by atoms with Crippen molar-refractivity contribution in [1.29, 1.82) is 0 Å². The second kappa shape index (κ2) is 5.01. The van der Waals surface area contributed by atoms with Gasteiger partial charge in [-0.05, 0) is 17.7 Å². The Labute approximate surface area is 87.7 Å². The Hall–Kier alpha value is -0.840. The summed E-state index contributed by atoms with van der Waals surface area (Å²) in [5.41, 5.74) is 8.27. The molecule has 0 unspecified atom stereocenters. The van der Waals surface area contributed by atoms with Crippen molar-refractivity contribution in [2.75, 3.05) is 0 Å². The fraction of sp³-hybridized carbons (Fsp3) is 0.143. The number of benzene rings is 1. The van der Waals surface area contributed by atoms with Crippen LogP contribution in [0.1, 0.15) is 5.56 Å². The maximum Gasteiger partial charge on any atom is 0.113 e. The topological polar surface area (TPSA) is 67.6 Å². The summed E-state index contributed by atoms with van der Waals surface area (Å²) in [5.74, 6) is 0. The van der Waals surface area contributed by atoms with Gasteiger partial charge in [0.2, 0.25) is 0 Å². The average Bonchev–Trinajstić information content (AvgIpc) is 2.50. The molecule has 4 nitrogen and oxygen atoms in total. The zero-order chi connectivity index (χ0) is 7.68. The van der Waals surface area contributed by atoms with Gasteiger partial charge in [0.05, 0.1) is 0 Å². The molecule has 72 valence electrons. The first-order chi connectivity index (χ1) is 5.40. The van der Waals surface area contributed by atoms with Crippen molar-refractivity contribution in [1.82, 2.24) is 15.4 Å². The quantitative estimate of drug-likeness (QED) is 0.761. The van der Waals surface area contributed by atoms with Gasteiger partial charge in [-0.3, -0.25) is 0 Å². The lowest BCUT2D eigenvalue weighted by molar-refractivity contribution is 0.959. The normalized spacial score (nSPS) is 9.00. The molecule has 0 radical (unpaired) electrons. The zero-order valence-electron chi connectivity index (χ0n) is 6.73. The van der Waals surface area contributed by atoms with Gasteiger partial charge in [0, 0.05) is 6.54 Å². The van der Waals surface area contributed by atoms with Crippen LogP contribution in [0.2, 0.25) is 0 Å². The number of nitrogens with zero attached hydrogens (tertiary/aromatic N) is 2. The van der Waals surface area contributed by atoms with Crippen molar-refractivity contribution in [3.63, 3.8) is 0 Å². The predicted molar refractivity (Wildman–Crippen MR) is 56.3 cm³/mol. The molecule has 0 aliphatic heterocycles. The van der Waals surface area contributed by atoms with Crippen LogP contribution in [0.15, 0.2) is 18.2 Å². The van der Waals surface area contributed by atoms with E-state index in [1.165, 1.54) is 0 Å². The maximum atomic E-state index is 5.45. The van der Waals surface area contributed by atoms with Crippen molar-refractivity contribution in [3.8, 4) is 0 Å². The van der Waals surface area contributed by atoms with Crippen LogP contribution in [-0.4, -0.2) is 15.4 Å². The third-order valence-electron chi connectivity index (χ3n) is 1.62. The number of aromatic nitrogens is 3. The van der Waals surface area contributed by atoms with Gasteiger partial charge >= 0.3 is 0 Å². The molecule has 0 aliphatic rings. The van der Waals surface area contributed by atoms with Gasteiger partial charge in [-0.2, -0.15) is 15.4 Å². The van der Waals surface area contributed by atoms with E-state index in [0.29, 0.717) is 6.54 Å². The Morgan fingerprint density at radius 3 is 2.54 bits per heavy atom. The number of rotatable bonds is 1. The lowest BCUT2D eigenvalue weighted by Gasteiger charge is -1.92. The molecule has 2 aromatic rings. The van der Waals surface area contributed by atoms with E-state index in [1.54, 1.807) is 0 Å². The van der Waals surface area contributed by atoms with E-state index in [-0.39, 0.29) is 24.8 Å². The first-order valence-electron chi connectivity index (χ1n) is 3.39. The molecule has 1 heterocycles. The van der Waals surface area contributed by atoms with Crippen molar-refractivity contribution in [2.24, 2.45) is 5.73 Å². The summed E-state index contributed by atoms with van der Waals surface area (Å²) in [4.78, 5) is 0. The molecule has 0 fully saturated rings. The molecule has 1 aromatic heterocycles. The minimum absolute atomic E-state index is 0. The Balaban J connectivity index is 0.000000720. The Bertz CT molecular complexity index is 373. The molecular formula is C7H10Cl2N4. The van der Waals surface area contributed by atoms with Crippen molar-refractivity contribution in [2.45, 2.75) is 6.54 Å².